The molecule has 0 aliphatic rings. The molecule has 7 nitrogen and oxygen atoms in total. The average molecular weight is 330 g/mol. The summed E-state index contributed by atoms with van der Waals surface area (Å²) in [5, 5.41) is 7.16. The molecule has 2 N–H and O–H groups in total. The van der Waals surface area contributed by atoms with E-state index in [2.05, 4.69) is 36.7 Å². The number of nitrogens with one attached hydrogen (secondary N) is 2. The standard InChI is InChI=1S/C15H18N6OS/c1-10(5-11-3-4-23-7-11)20-12(22)6-21(2)15-13-14(17-8-16-13)18-9-19-15/h3-4,7-10H,5-6H2,1-2H3,(H,20,22)(H,16,17,18,19). The predicted octanol–water partition coefficient (Wildman–Crippen LogP) is 1.60. The van der Waals surface area contributed by atoms with Gasteiger partial charge in [0.05, 0.1) is 12.9 Å². The zero-order chi connectivity index (χ0) is 16.2. The van der Waals surface area contributed by atoms with E-state index in [1.807, 2.05) is 19.4 Å². The van der Waals surface area contributed by atoms with Crippen molar-refractivity contribution in [2.75, 3.05) is 18.5 Å². The summed E-state index contributed by atoms with van der Waals surface area (Å²) >= 11 is 1.67. The van der Waals surface area contributed by atoms with Gasteiger partial charge in [0.1, 0.15) is 11.8 Å². The molecule has 0 bridgehead atoms. The summed E-state index contributed by atoms with van der Waals surface area (Å²) in [5.74, 6) is 0.620. The van der Waals surface area contributed by atoms with Crippen LogP contribution in [0, 0.1) is 0 Å². The molecule has 3 aromatic heterocycles. The topological polar surface area (TPSA) is 86.8 Å². The minimum Gasteiger partial charge on any atom is -0.352 e. The number of amides is 1. The lowest BCUT2D eigenvalue weighted by Gasteiger charge is -2.20. The lowest BCUT2D eigenvalue weighted by Crippen LogP contribution is -2.40. The van der Waals surface area contributed by atoms with Gasteiger partial charge in [-0.05, 0) is 35.7 Å². The lowest BCUT2D eigenvalue weighted by atomic mass is 10.1. The van der Waals surface area contributed by atoms with Gasteiger partial charge in [-0.3, -0.25) is 4.79 Å². The third kappa shape index (κ3) is 3.65. The SMILES string of the molecule is CC(Cc1ccsc1)NC(=O)CN(C)c1ncnc2nc[nH]c12. The first-order valence-corrected chi connectivity index (χ1v) is 8.23. The molecular weight excluding hydrogens is 312 g/mol. The first-order valence-electron chi connectivity index (χ1n) is 7.29. The molecule has 1 atom stereocenters. The van der Waals surface area contributed by atoms with Crippen molar-refractivity contribution in [1.82, 2.24) is 25.3 Å². The number of likely N-dealkylation sites (N-methyl/N-ethyl adjacent to an activating group) is 1. The van der Waals surface area contributed by atoms with E-state index in [1.165, 1.54) is 11.9 Å². The fourth-order valence-corrected chi connectivity index (χ4v) is 3.15. The molecule has 23 heavy (non-hydrogen) atoms. The van der Waals surface area contributed by atoms with E-state index >= 15 is 0 Å². The minimum absolute atomic E-state index is 0.0403. The maximum absolute atomic E-state index is 12.2. The van der Waals surface area contributed by atoms with E-state index < -0.39 is 0 Å². The van der Waals surface area contributed by atoms with Crippen molar-refractivity contribution in [3.8, 4) is 0 Å². The molecule has 0 spiro atoms. The highest BCUT2D eigenvalue weighted by molar-refractivity contribution is 7.07. The highest BCUT2D eigenvalue weighted by Gasteiger charge is 2.15. The zero-order valence-corrected chi connectivity index (χ0v) is 13.8. The quantitative estimate of drug-likeness (QED) is 0.717. The molecular formula is C15H18N6OS. The summed E-state index contributed by atoms with van der Waals surface area (Å²) < 4.78 is 0. The van der Waals surface area contributed by atoms with E-state index in [-0.39, 0.29) is 18.5 Å². The van der Waals surface area contributed by atoms with Crippen LogP contribution in [0.15, 0.2) is 29.5 Å². The summed E-state index contributed by atoms with van der Waals surface area (Å²) in [5.41, 5.74) is 2.56. The Morgan fingerprint density at radius 2 is 2.30 bits per heavy atom. The van der Waals surface area contributed by atoms with Crippen LogP contribution in [0.25, 0.3) is 11.2 Å². The number of rotatable bonds is 6. The van der Waals surface area contributed by atoms with Gasteiger partial charge in [-0.15, -0.1) is 0 Å². The first kappa shape index (κ1) is 15.4. The number of aromatic amines is 1. The van der Waals surface area contributed by atoms with Gasteiger partial charge in [0.15, 0.2) is 11.5 Å². The number of carbonyl (C=O) groups excluding carboxylic acids is 1. The second-order valence-corrected chi connectivity index (χ2v) is 6.24. The molecule has 3 aromatic rings. The number of aromatic nitrogens is 4. The predicted molar refractivity (Wildman–Crippen MR) is 90.6 cm³/mol. The summed E-state index contributed by atoms with van der Waals surface area (Å²) in [6, 6.07) is 2.16. The van der Waals surface area contributed by atoms with Gasteiger partial charge in [0.25, 0.3) is 0 Å². The highest BCUT2D eigenvalue weighted by Crippen LogP contribution is 2.17. The van der Waals surface area contributed by atoms with Gasteiger partial charge in [-0.1, -0.05) is 0 Å². The van der Waals surface area contributed by atoms with Gasteiger partial charge < -0.3 is 15.2 Å². The monoisotopic (exact) mass is 330 g/mol. The van der Waals surface area contributed by atoms with Crippen molar-refractivity contribution in [3.63, 3.8) is 0 Å². The number of imidazole rings is 1. The molecule has 0 fully saturated rings. The Hall–Kier alpha value is -2.48. The Morgan fingerprint density at radius 3 is 3.09 bits per heavy atom. The van der Waals surface area contributed by atoms with Crippen molar-refractivity contribution in [1.29, 1.82) is 0 Å². The van der Waals surface area contributed by atoms with E-state index in [0.717, 1.165) is 11.9 Å². The third-order valence-electron chi connectivity index (χ3n) is 3.47. The first-order chi connectivity index (χ1) is 11.1. The molecule has 0 radical (unpaired) electrons. The Morgan fingerprint density at radius 1 is 1.43 bits per heavy atom. The Balaban J connectivity index is 1.60. The fourth-order valence-electron chi connectivity index (χ4n) is 2.47. The van der Waals surface area contributed by atoms with Crippen molar-refractivity contribution in [2.45, 2.75) is 19.4 Å². The number of thiophene rings is 1. The number of hydrogen-bond acceptors (Lipinski definition) is 6. The summed E-state index contributed by atoms with van der Waals surface area (Å²) in [6.45, 7) is 2.23. The number of H-pyrrole nitrogens is 1. The minimum atomic E-state index is -0.0403. The number of anilines is 1. The molecule has 0 aliphatic carbocycles. The highest BCUT2D eigenvalue weighted by atomic mass is 32.1. The Bertz CT molecular complexity index is 784. The molecule has 3 heterocycles. The molecule has 0 saturated heterocycles. The van der Waals surface area contributed by atoms with Gasteiger partial charge in [-0.25, -0.2) is 15.0 Å². The van der Waals surface area contributed by atoms with E-state index in [0.29, 0.717) is 11.5 Å². The zero-order valence-electron chi connectivity index (χ0n) is 13.0. The van der Waals surface area contributed by atoms with Gasteiger partial charge in [-0.2, -0.15) is 11.3 Å². The van der Waals surface area contributed by atoms with Crippen LogP contribution in [0.2, 0.25) is 0 Å². The van der Waals surface area contributed by atoms with Gasteiger partial charge in [0.2, 0.25) is 5.91 Å². The largest absolute Gasteiger partial charge is 0.352 e. The van der Waals surface area contributed by atoms with Crippen LogP contribution in [0.5, 0.6) is 0 Å². The normalized spacial score (nSPS) is 12.3. The van der Waals surface area contributed by atoms with E-state index in [4.69, 9.17) is 0 Å². The molecule has 3 rings (SSSR count). The number of fused-ring (bicyclic) bond motifs is 1. The third-order valence-corrected chi connectivity index (χ3v) is 4.21. The number of nitrogens with zero attached hydrogens (tertiary/aromatic N) is 4. The molecule has 0 saturated carbocycles. The van der Waals surface area contributed by atoms with Crippen LogP contribution in [0.3, 0.4) is 0 Å². The molecule has 0 aliphatic heterocycles. The Labute approximate surface area is 137 Å². The van der Waals surface area contributed by atoms with Crippen LogP contribution in [0.4, 0.5) is 5.82 Å². The molecule has 1 amide bonds. The maximum atomic E-state index is 12.2. The van der Waals surface area contributed by atoms with Gasteiger partial charge >= 0.3 is 0 Å². The summed E-state index contributed by atoms with van der Waals surface area (Å²) in [6.07, 6.45) is 3.85. The lowest BCUT2D eigenvalue weighted by molar-refractivity contribution is -0.120. The van der Waals surface area contributed by atoms with E-state index in [1.54, 1.807) is 22.6 Å². The van der Waals surface area contributed by atoms with Crippen LogP contribution in [-0.2, 0) is 11.2 Å². The van der Waals surface area contributed by atoms with Crippen LogP contribution >= 0.6 is 11.3 Å². The molecule has 1 unspecified atom stereocenters. The second kappa shape index (κ2) is 6.74. The number of carbonyl (C=O) groups is 1. The Kier molecular flexibility index (Phi) is 4.52. The van der Waals surface area contributed by atoms with Crippen LogP contribution in [-0.4, -0.2) is 45.5 Å². The van der Waals surface area contributed by atoms with Crippen molar-refractivity contribution in [3.05, 3.63) is 35.0 Å². The average Bonchev–Trinajstić information content (AvgIpc) is 3.16. The van der Waals surface area contributed by atoms with Crippen LogP contribution < -0.4 is 10.2 Å². The van der Waals surface area contributed by atoms with Crippen molar-refractivity contribution < 1.29 is 4.79 Å². The number of hydrogen-bond donors (Lipinski definition) is 2. The summed E-state index contributed by atoms with van der Waals surface area (Å²) in [4.78, 5) is 29.4. The van der Waals surface area contributed by atoms with Crippen molar-refractivity contribution in [2.24, 2.45) is 0 Å². The molecule has 120 valence electrons. The van der Waals surface area contributed by atoms with E-state index in [9.17, 15) is 4.79 Å². The second-order valence-electron chi connectivity index (χ2n) is 5.46. The fraction of sp³-hybridized carbons (Fsp3) is 0.333. The maximum Gasteiger partial charge on any atom is 0.239 e. The van der Waals surface area contributed by atoms with Crippen LogP contribution in [0.1, 0.15) is 12.5 Å². The molecule has 0 aromatic carbocycles. The smallest absolute Gasteiger partial charge is 0.239 e. The molecule has 8 heteroatoms. The van der Waals surface area contributed by atoms with Crippen molar-refractivity contribution >= 4 is 34.2 Å². The summed E-state index contributed by atoms with van der Waals surface area (Å²) in [7, 11) is 1.83. The van der Waals surface area contributed by atoms with Gasteiger partial charge in [0, 0.05) is 13.1 Å².